The molecule has 2 heterocycles. The van der Waals surface area contributed by atoms with E-state index < -0.39 is 16.8 Å². The molecule has 5 rings (SSSR count). The van der Waals surface area contributed by atoms with Crippen LogP contribution in [0.4, 0.5) is 17.1 Å². The third-order valence-electron chi connectivity index (χ3n) is 6.95. The van der Waals surface area contributed by atoms with Crippen LogP contribution in [0.1, 0.15) is 26.2 Å². The van der Waals surface area contributed by atoms with Gasteiger partial charge in [0.25, 0.3) is 5.69 Å². The molecule has 0 saturated carbocycles. The first-order valence-electron chi connectivity index (χ1n) is 11.6. The molecule has 2 aromatic carbocycles. The number of amides is 3. The van der Waals surface area contributed by atoms with Crippen LogP contribution in [0.15, 0.2) is 60.2 Å². The second-order valence-corrected chi connectivity index (χ2v) is 9.31. The van der Waals surface area contributed by atoms with E-state index in [0.29, 0.717) is 24.2 Å². The first kappa shape index (κ1) is 23.4. The number of esters is 1. The van der Waals surface area contributed by atoms with Crippen LogP contribution in [0.3, 0.4) is 0 Å². The monoisotopic (exact) mass is 489 g/mol. The van der Waals surface area contributed by atoms with Gasteiger partial charge in [0.15, 0.2) is 0 Å². The summed E-state index contributed by atoms with van der Waals surface area (Å²) in [6.45, 7) is 2.03. The maximum atomic E-state index is 13.0. The number of imide groups is 1. The lowest BCUT2D eigenvalue weighted by atomic mass is 9.82. The summed E-state index contributed by atoms with van der Waals surface area (Å²) < 4.78 is 5.52. The van der Waals surface area contributed by atoms with Gasteiger partial charge < -0.3 is 9.64 Å². The molecule has 10 heteroatoms. The second kappa shape index (κ2) is 9.03. The van der Waals surface area contributed by atoms with Gasteiger partial charge >= 0.3 is 5.97 Å². The SMILES string of the molecule is CC1=CC[C@@H]2C(=O)N(c3cccc(OC(=O)[C@@H]4CC(=O)N(c5ccc([N+](=O)[O-])cc5)C4)c3)C(=O)[C@H]2C1. The summed E-state index contributed by atoms with van der Waals surface area (Å²) in [5.74, 6) is -2.71. The van der Waals surface area contributed by atoms with Crippen molar-refractivity contribution in [2.75, 3.05) is 16.3 Å². The van der Waals surface area contributed by atoms with Crippen molar-refractivity contribution in [1.82, 2.24) is 0 Å². The molecule has 10 nitrogen and oxygen atoms in total. The number of anilines is 2. The summed E-state index contributed by atoms with van der Waals surface area (Å²) >= 11 is 0. The molecule has 2 saturated heterocycles. The van der Waals surface area contributed by atoms with E-state index in [1.807, 2.05) is 13.0 Å². The second-order valence-electron chi connectivity index (χ2n) is 9.31. The molecular weight excluding hydrogens is 466 g/mol. The van der Waals surface area contributed by atoms with Gasteiger partial charge in [-0.2, -0.15) is 0 Å². The predicted molar refractivity (Wildman–Crippen MR) is 128 cm³/mol. The largest absolute Gasteiger partial charge is 0.426 e. The van der Waals surface area contributed by atoms with E-state index in [4.69, 9.17) is 4.74 Å². The molecule has 184 valence electrons. The highest BCUT2D eigenvalue weighted by Crippen LogP contribution is 2.40. The molecule has 3 aliphatic rings. The van der Waals surface area contributed by atoms with Gasteiger partial charge in [0, 0.05) is 36.9 Å². The maximum absolute atomic E-state index is 13.0. The topological polar surface area (TPSA) is 127 Å². The van der Waals surface area contributed by atoms with E-state index in [-0.39, 0.29) is 54.0 Å². The standard InChI is InChI=1S/C26H23N3O7/c1-15-5-10-21-22(11-15)25(32)28(24(21)31)19-3-2-4-20(13-19)36-26(33)16-12-23(30)27(14-16)17-6-8-18(9-7-17)29(34)35/h2-9,13,16,21-22H,10-12,14H2,1H3/t16-,21+,22+/m1/s1. The van der Waals surface area contributed by atoms with Gasteiger partial charge in [-0.3, -0.25) is 29.3 Å². The third kappa shape index (κ3) is 4.15. The first-order valence-corrected chi connectivity index (χ1v) is 11.6. The highest BCUT2D eigenvalue weighted by Gasteiger charge is 2.48. The minimum Gasteiger partial charge on any atom is -0.426 e. The van der Waals surface area contributed by atoms with Crippen molar-refractivity contribution < 1.29 is 28.8 Å². The van der Waals surface area contributed by atoms with E-state index in [1.165, 1.54) is 40.1 Å². The Morgan fingerprint density at radius 1 is 1.00 bits per heavy atom. The molecular formula is C26H23N3O7. The number of nitro benzene ring substituents is 1. The number of benzene rings is 2. The van der Waals surface area contributed by atoms with Gasteiger partial charge in [0.2, 0.25) is 17.7 Å². The van der Waals surface area contributed by atoms with Crippen molar-refractivity contribution in [2.45, 2.75) is 26.2 Å². The summed E-state index contributed by atoms with van der Waals surface area (Å²) in [6.07, 6.45) is 3.03. The van der Waals surface area contributed by atoms with Gasteiger partial charge in [0.05, 0.1) is 28.4 Å². The Morgan fingerprint density at radius 3 is 2.44 bits per heavy atom. The fraction of sp³-hybridized carbons (Fsp3) is 0.308. The Balaban J connectivity index is 1.27. The zero-order valence-electron chi connectivity index (χ0n) is 19.5. The number of allylic oxidation sites excluding steroid dienone is 2. The Morgan fingerprint density at radius 2 is 1.72 bits per heavy atom. The van der Waals surface area contributed by atoms with Gasteiger partial charge in [-0.1, -0.05) is 17.7 Å². The molecule has 36 heavy (non-hydrogen) atoms. The number of rotatable bonds is 5. The molecule has 3 amide bonds. The number of carbonyl (C=O) groups excluding carboxylic acids is 4. The van der Waals surface area contributed by atoms with Crippen LogP contribution in [0.5, 0.6) is 5.75 Å². The zero-order chi connectivity index (χ0) is 25.6. The Bertz CT molecular complexity index is 1320. The summed E-state index contributed by atoms with van der Waals surface area (Å²) in [4.78, 5) is 64.2. The zero-order valence-corrected chi connectivity index (χ0v) is 19.5. The molecule has 0 N–H and O–H groups in total. The van der Waals surface area contributed by atoms with E-state index >= 15 is 0 Å². The van der Waals surface area contributed by atoms with Crippen LogP contribution in [0, 0.1) is 27.9 Å². The number of non-ortho nitro benzene ring substituents is 1. The summed E-state index contributed by atoms with van der Waals surface area (Å²) in [5.41, 5.74) is 1.80. The minimum atomic E-state index is -0.733. The number of fused-ring (bicyclic) bond motifs is 1. The highest BCUT2D eigenvalue weighted by molar-refractivity contribution is 6.22. The minimum absolute atomic E-state index is 0.0612. The molecule has 2 fully saturated rings. The lowest BCUT2D eigenvalue weighted by Crippen LogP contribution is -2.31. The summed E-state index contributed by atoms with van der Waals surface area (Å²) in [6, 6.07) is 11.8. The average molecular weight is 489 g/mol. The Hall–Kier alpha value is -4.34. The van der Waals surface area contributed by atoms with Crippen molar-refractivity contribution in [3.8, 4) is 5.75 Å². The molecule has 2 aromatic rings. The molecule has 3 atom stereocenters. The molecule has 0 spiro atoms. The number of nitro groups is 1. The van der Waals surface area contributed by atoms with Crippen molar-refractivity contribution in [3.63, 3.8) is 0 Å². The van der Waals surface area contributed by atoms with Gasteiger partial charge in [-0.25, -0.2) is 4.90 Å². The smallest absolute Gasteiger partial charge is 0.316 e. The number of ether oxygens (including phenoxy) is 1. The third-order valence-corrected chi connectivity index (χ3v) is 6.95. The van der Waals surface area contributed by atoms with Gasteiger partial charge in [-0.15, -0.1) is 0 Å². The van der Waals surface area contributed by atoms with Crippen molar-refractivity contribution in [1.29, 1.82) is 0 Å². The van der Waals surface area contributed by atoms with Crippen LogP contribution in [0.25, 0.3) is 0 Å². The maximum Gasteiger partial charge on any atom is 0.316 e. The van der Waals surface area contributed by atoms with Crippen LogP contribution >= 0.6 is 0 Å². The highest BCUT2D eigenvalue weighted by atomic mass is 16.6. The molecule has 0 unspecified atom stereocenters. The van der Waals surface area contributed by atoms with Gasteiger partial charge in [0.1, 0.15) is 5.75 Å². The molecule has 0 radical (unpaired) electrons. The van der Waals surface area contributed by atoms with Crippen molar-refractivity contribution >= 4 is 40.8 Å². The Kier molecular flexibility index (Phi) is 5.87. The lowest BCUT2D eigenvalue weighted by molar-refractivity contribution is -0.384. The summed E-state index contributed by atoms with van der Waals surface area (Å²) in [7, 11) is 0. The average Bonchev–Trinajstić information content (AvgIpc) is 3.36. The van der Waals surface area contributed by atoms with E-state index in [9.17, 15) is 29.3 Å². The van der Waals surface area contributed by atoms with Crippen LogP contribution in [-0.2, 0) is 19.2 Å². The van der Waals surface area contributed by atoms with Crippen LogP contribution in [-0.4, -0.2) is 35.2 Å². The van der Waals surface area contributed by atoms with Gasteiger partial charge in [-0.05, 0) is 44.0 Å². The van der Waals surface area contributed by atoms with Crippen LogP contribution < -0.4 is 14.5 Å². The molecule has 0 aromatic heterocycles. The number of carbonyl (C=O) groups is 4. The summed E-state index contributed by atoms with van der Waals surface area (Å²) in [5, 5.41) is 10.9. The number of hydrogen-bond donors (Lipinski definition) is 0. The quantitative estimate of drug-likeness (QED) is 0.157. The van der Waals surface area contributed by atoms with Crippen LogP contribution in [0.2, 0.25) is 0 Å². The Labute approximate surface area is 206 Å². The fourth-order valence-corrected chi connectivity index (χ4v) is 5.05. The van der Waals surface area contributed by atoms with E-state index in [1.54, 1.807) is 18.2 Å². The predicted octanol–water partition coefficient (Wildman–Crippen LogP) is 3.40. The number of nitrogens with zero attached hydrogens (tertiary/aromatic N) is 3. The van der Waals surface area contributed by atoms with E-state index in [2.05, 4.69) is 0 Å². The first-order chi connectivity index (χ1) is 17.2. The molecule has 0 bridgehead atoms. The molecule has 1 aliphatic carbocycles. The van der Waals surface area contributed by atoms with E-state index in [0.717, 1.165) is 5.57 Å². The lowest BCUT2D eigenvalue weighted by Gasteiger charge is -2.18. The normalized spacial score (nSPS) is 23.5. The number of hydrogen-bond acceptors (Lipinski definition) is 7. The molecule has 2 aliphatic heterocycles. The van der Waals surface area contributed by atoms with Crippen molar-refractivity contribution in [2.24, 2.45) is 17.8 Å². The fourth-order valence-electron chi connectivity index (χ4n) is 5.05. The van der Waals surface area contributed by atoms with Crippen molar-refractivity contribution in [3.05, 3.63) is 70.3 Å².